The molecule has 0 bridgehead atoms. The first-order chi connectivity index (χ1) is 14.0. The first-order valence-electron chi connectivity index (χ1n) is 9.47. The van der Waals surface area contributed by atoms with E-state index in [1.165, 1.54) is 5.56 Å². The van der Waals surface area contributed by atoms with E-state index in [-0.39, 0.29) is 6.10 Å². The second-order valence-electron chi connectivity index (χ2n) is 6.56. The predicted molar refractivity (Wildman–Crippen MR) is 116 cm³/mol. The highest BCUT2D eigenvalue weighted by atomic mass is 16.5. The summed E-state index contributed by atoms with van der Waals surface area (Å²) in [5.74, 6) is 3.55. The van der Waals surface area contributed by atoms with Crippen molar-refractivity contribution in [2.75, 3.05) is 34.9 Å². The van der Waals surface area contributed by atoms with E-state index in [1.54, 1.807) is 28.4 Å². The maximum absolute atomic E-state index is 5.95. The molecule has 0 radical (unpaired) electrons. The Kier molecular flexibility index (Phi) is 8.45. The Hall–Kier alpha value is -3.09. The van der Waals surface area contributed by atoms with Crippen molar-refractivity contribution >= 4 is 5.96 Å². The Morgan fingerprint density at radius 2 is 1.66 bits per heavy atom. The van der Waals surface area contributed by atoms with Crippen LogP contribution in [0.15, 0.2) is 41.4 Å². The van der Waals surface area contributed by atoms with Crippen LogP contribution >= 0.6 is 0 Å². The van der Waals surface area contributed by atoms with Gasteiger partial charge in [0.05, 0.1) is 40.0 Å². The van der Waals surface area contributed by atoms with Crippen molar-refractivity contribution in [1.82, 2.24) is 10.6 Å². The minimum atomic E-state index is -0.0274. The minimum Gasteiger partial charge on any atom is -0.496 e. The van der Waals surface area contributed by atoms with E-state index in [0.717, 1.165) is 11.3 Å². The van der Waals surface area contributed by atoms with E-state index < -0.39 is 0 Å². The standard InChI is InChI=1S/C22H31N3O4/c1-15-8-7-9-17(10-15)29-16(2)13-24-22(23-3)25-14-19-20(27-5)11-18(26-4)12-21(19)28-6/h7-12,16H,13-14H2,1-6H3,(H2,23,24,25). The SMILES string of the molecule is CN=C(NCc1c(OC)cc(OC)cc1OC)NCC(C)Oc1cccc(C)c1. The lowest BCUT2D eigenvalue weighted by Crippen LogP contribution is -2.41. The molecular formula is C22H31N3O4. The van der Waals surface area contributed by atoms with Crippen LogP contribution in [0.25, 0.3) is 0 Å². The summed E-state index contributed by atoms with van der Waals surface area (Å²) in [7, 11) is 6.58. The molecule has 0 spiro atoms. The molecule has 0 aliphatic rings. The first kappa shape index (κ1) is 22.2. The summed E-state index contributed by atoms with van der Waals surface area (Å²) in [4.78, 5) is 4.27. The fourth-order valence-corrected chi connectivity index (χ4v) is 2.85. The molecule has 7 heteroatoms. The molecule has 0 saturated carbocycles. The largest absolute Gasteiger partial charge is 0.496 e. The normalized spacial score (nSPS) is 12.1. The van der Waals surface area contributed by atoms with Gasteiger partial charge in [0.1, 0.15) is 29.1 Å². The van der Waals surface area contributed by atoms with Gasteiger partial charge in [-0.05, 0) is 31.5 Å². The Labute approximate surface area is 173 Å². The van der Waals surface area contributed by atoms with Gasteiger partial charge >= 0.3 is 0 Å². The number of ether oxygens (including phenoxy) is 4. The first-order valence-corrected chi connectivity index (χ1v) is 9.47. The Bertz CT molecular complexity index is 798. The van der Waals surface area contributed by atoms with Crippen molar-refractivity contribution in [1.29, 1.82) is 0 Å². The maximum atomic E-state index is 5.95. The molecular weight excluding hydrogens is 370 g/mol. The highest BCUT2D eigenvalue weighted by Gasteiger charge is 2.14. The van der Waals surface area contributed by atoms with Gasteiger partial charge in [0.2, 0.25) is 0 Å². The van der Waals surface area contributed by atoms with Gasteiger partial charge in [0.25, 0.3) is 0 Å². The van der Waals surface area contributed by atoms with Crippen LogP contribution in [0.5, 0.6) is 23.0 Å². The zero-order valence-electron chi connectivity index (χ0n) is 18.0. The van der Waals surface area contributed by atoms with E-state index in [0.29, 0.717) is 36.3 Å². The van der Waals surface area contributed by atoms with Gasteiger partial charge in [-0.1, -0.05) is 12.1 Å². The number of aliphatic imine (C=N–C) groups is 1. The van der Waals surface area contributed by atoms with Crippen LogP contribution in [0.1, 0.15) is 18.1 Å². The van der Waals surface area contributed by atoms with Crippen molar-refractivity contribution in [2.24, 2.45) is 4.99 Å². The minimum absolute atomic E-state index is 0.0274. The van der Waals surface area contributed by atoms with Crippen LogP contribution in [0, 0.1) is 6.92 Å². The summed E-state index contributed by atoms with van der Waals surface area (Å²) in [6.07, 6.45) is -0.0274. The van der Waals surface area contributed by atoms with Crippen molar-refractivity contribution in [2.45, 2.75) is 26.5 Å². The molecule has 1 atom stereocenters. The smallest absolute Gasteiger partial charge is 0.191 e. The molecule has 0 aliphatic carbocycles. The zero-order valence-corrected chi connectivity index (χ0v) is 18.0. The molecule has 0 aromatic heterocycles. The third-order valence-electron chi connectivity index (χ3n) is 4.36. The third-order valence-corrected chi connectivity index (χ3v) is 4.36. The summed E-state index contributed by atoms with van der Waals surface area (Å²) in [5.41, 5.74) is 2.05. The number of methoxy groups -OCH3 is 3. The van der Waals surface area contributed by atoms with Gasteiger partial charge in [-0.25, -0.2) is 0 Å². The molecule has 0 heterocycles. The lowest BCUT2D eigenvalue weighted by molar-refractivity contribution is 0.223. The van der Waals surface area contributed by atoms with Crippen LogP contribution in [0.3, 0.4) is 0 Å². The van der Waals surface area contributed by atoms with E-state index in [1.807, 2.05) is 50.2 Å². The Morgan fingerprint density at radius 3 is 2.21 bits per heavy atom. The van der Waals surface area contributed by atoms with Crippen molar-refractivity contribution in [3.05, 3.63) is 47.5 Å². The number of rotatable bonds is 9. The van der Waals surface area contributed by atoms with E-state index in [2.05, 4.69) is 15.6 Å². The summed E-state index contributed by atoms with van der Waals surface area (Å²) >= 11 is 0. The number of aryl methyl sites for hydroxylation is 1. The molecule has 29 heavy (non-hydrogen) atoms. The molecule has 158 valence electrons. The molecule has 0 fully saturated rings. The monoisotopic (exact) mass is 401 g/mol. The van der Waals surface area contributed by atoms with Crippen LogP contribution in [0.4, 0.5) is 0 Å². The van der Waals surface area contributed by atoms with E-state index in [9.17, 15) is 0 Å². The number of nitrogens with one attached hydrogen (secondary N) is 2. The predicted octanol–water partition coefficient (Wildman–Crippen LogP) is 3.15. The summed E-state index contributed by atoms with van der Waals surface area (Å²) in [5, 5.41) is 6.56. The van der Waals surface area contributed by atoms with Gasteiger partial charge in [-0.15, -0.1) is 0 Å². The maximum Gasteiger partial charge on any atom is 0.191 e. The van der Waals surface area contributed by atoms with Gasteiger partial charge in [0.15, 0.2) is 5.96 Å². The van der Waals surface area contributed by atoms with Crippen molar-refractivity contribution in [3.63, 3.8) is 0 Å². The molecule has 1 unspecified atom stereocenters. The lowest BCUT2D eigenvalue weighted by atomic mass is 10.1. The lowest BCUT2D eigenvalue weighted by Gasteiger charge is -2.19. The van der Waals surface area contributed by atoms with Gasteiger partial charge in [0, 0.05) is 19.2 Å². The summed E-state index contributed by atoms with van der Waals surface area (Å²) < 4.78 is 22.2. The molecule has 0 saturated heterocycles. The molecule has 2 aromatic rings. The second-order valence-corrected chi connectivity index (χ2v) is 6.56. The van der Waals surface area contributed by atoms with Crippen LogP contribution < -0.4 is 29.6 Å². The number of benzene rings is 2. The number of guanidine groups is 1. The highest BCUT2D eigenvalue weighted by molar-refractivity contribution is 5.79. The van der Waals surface area contributed by atoms with Gasteiger partial charge < -0.3 is 29.6 Å². The molecule has 2 N–H and O–H groups in total. The van der Waals surface area contributed by atoms with Gasteiger partial charge in [-0.3, -0.25) is 4.99 Å². The van der Waals surface area contributed by atoms with Crippen molar-refractivity contribution in [3.8, 4) is 23.0 Å². The number of hydrogen-bond donors (Lipinski definition) is 2. The number of hydrogen-bond acceptors (Lipinski definition) is 5. The Balaban J connectivity index is 1.95. The molecule has 0 amide bonds. The van der Waals surface area contributed by atoms with Crippen LogP contribution in [-0.4, -0.2) is 47.0 Å². The molecule has 2 aromatic carbocycles. The average molecular weight is 402 g/mol. The molecule has 0 aliphatic heterocycles. The Morgan fingerprint density at radius 1 is 0.966 bits per heavy atom. The fourth-order valence-electron chi connectivity index (χ4n) is 2.85. The zero-order chi connectivity index (χ0) is 21.2. The van der Waals surface area contributed by atoms with Crippen molar-refractivity contribution < 1.29 is 18.9 Å². The average Bonchev–Trinajstić information content (AvgIpc) is 2.73. The molecule has 2 rings (SSSR count). The summed E-state index contributed by atoms with van der Waals surface area (Å²) in [6.45, 7) is 5.13. The quantitative estimate of drug-likeness (QED) is 0.497. The topological polar surface area (TPSA) is 73.3 Å². The fraction of sp³-hybridized carbons (Fsp3) is 0.409. The summed E-state index contributed by atoms with van der Waals surface area (Å²) in [6, 6.07) is 11.7. The number of nitrogens with zero attached hydrogens (tertiary/aromatic N) is 1. The second kappa shape index (κ2) is 11.0. The van der Waals surface area contributed by atoms with Crippen LogP contribution in [-0.2, 0) is 6.54 Å². The van der Waals surface area contributed by atoms with Crippen LogP contribution in [0.2, 0.25) is 0 Å². The van der Waals surface area contributed by atoms with E-state index >= 15 is 0 Å². The highest BCUT2D eigenvalue weighted by Crippen LogP contribution is 2.33. The van der Waals surface area contributed by atoms with E-state index in [4.69, 9.17) is 18.9 Å². The molecule has 7 nitrogen and oxygen atoms in total. The van der Waals surface area contributed by atoms with Gasteiger partial charge in [-0.2, -0.15) is 0 Å². The third kappa shape index (κ3) is 6.48.